The number of aromatic nitrogens is 2. The fraction of sp³-hybridized carbons (Fsp3) is 0.381. The number of aromatic amines is 1. The predicted octanol–water partition coefficient (Wildman–Crippen LogP) is 1.51. The number of nitrogens with zero attached hydrogens (tertiary/aromatic N) is 4. The van der Waals surface area contributed by atoms with E-state index in [9.17, 15) is 29.6 Å². The van der Waals surface area contributed by atoms with Crippen LogP contribution in [0, 0.1) is 27.9 Å². The summed E-state index contributed by atoms with van der Waals surface area (Å²) in [6.07, 6.45) is 4.25. The SMILES string of the molecule is C[C@@H](O)[C@H]1C(=O)C[C@@H]1[C@@H](C)C(=O)C(=[N+]=[N-])C(=O)OCc1ccc([N+](=O)[O-])cc1.c1c[nH]cn1. The van der Waals surface area contributed by atoms with Crippen molar-refractivity contribution in [2.75, 3.05) is 0 Å². The number of Topliss-reactive ketones (excluding diaryl/α,β-unsaturated/α-hetero) is 2. The summed E-state index contributed by atoms with van der Waals surface area (Å²) in [6, 6.07) is 5.25. The molecule has 0 amide bonds. The lowest BCUT2D eigenvalue weighted by Gasteiger charge is -2.39. The third kappa shape index (κ3) is 6.48. The maximum Gasteiger partial charge on any atom is 0.441 e. The first kappa shape index (κ1) is 25.2. The van der Waals surface area contributed by atoms with E-state index in [1.807, 2.05) is 0 Å². The number of ketones is 2. The molecule has 1 saturated carbocycles. The van der Waals surface area contributed by atoms with E-state index in [4.69, 9.17) is 10.3 Å². The normalized spacial score (nSPS) is 18.5. The average molecular weight is 457 g/mol. The minimum atomic E-state index is -1.16. The van der Waals surface area contributed by atoms with Gasteiger partial charge in [0.1, 0.15) is 12.4 Å². The monoisotopic (exact) mass is 457 g/mol. The Kier molecular flexibility index (Phi) is 8.84. The molecule has 174 valence electrons. The Morgan fingerprint density at radius 2 is 2.03 bits per heavy atom. The van der Waals surface area contributed by atoms with Crippen LogP contribution < -0.4 is 0 Å². The van der Waals surface area contributed by atoms with E-state index >= 15 is 0 Å². The topological polar surface area (TPSA) is 189 Å². The molecular formula is C21H23N5O7. The number of non-ortho nitro benzene ring substituents is 1. The van der Waals surface area contributed by atoms with Crippen molar-refractivity contribution in [1.82, 2.24) is 9.97 Å². The predicted molar refractivity (Wildman–Crippen MR) is 113 cm³/mol. The number of nitrogens with one attached hydrogen (secondary N) is 1. The number of rotatable bonds is 8. The van der Waals surface area contributed by atoms with Gasteiger partial charge in [-0.1, -0.05) is 6.92 Å². The average Bonchev–Trinajstić information content (AvgIpc) is 3.36. The highest BCUT2D eigenvalue weighted by Crippen LogP contribution is 2.39. The summed E-state index contributed by atoms with van der Waals surface area (Å²) in [6.45, 7) is 2.66. The maximum atomic E-state index is 12.5. The van der Waals surface area contributed by atoms with Crippen LogP contribution in [0.2, 0.25) is 0 Å². The molecule has 4 atom stereocenters. The second-order valence-corrected chi connectivity index (χ2v) is 7.46. The quantitative estimate of drug-likeness (QED) is 0.113. The van der Waals surface area contributed by atoms with Gasteiger partial charge in [-0.3, -0.25) is 19.7 Å². The number of hydrogen-bond donors (Lipinski definition) is 2. The van der Waals surface area contributed by atoms with Crippen molar-refractivity contribution in [3.63, 3.8) is 0 Å². The van der Waals surface area contributed by atoms with Crippen molar-refractivity contribution in [3.8, 4) is 0 Å². The molecule has 1 aliphatic carbocycles. The number of ether oxygens (including phenoxy) is 1. The van der Waals surface area contributed by atoms with E-state index < -0.39 is 46.2 Å². The van der Waals surface area contributed by atoms with Gasteiger partial charge in [-0.2, -0.15) is 4.79 Å². The van der Waals surface area contributed by atoms with Crippen LogP contribution in [0.4, 0.5) is 5.69 Å². The highest BCUT2D eigenvalue weighted by Gasteiger charge is 2.50. The van der Waals surface area contributed by atoms with Gasteiger partial charge >= 0.3 is 11.7 Å². The molecule has 1 aliphatic rings. The van der Waals surface area contributed by atoms with Gasteiger partial charge in [0.2, 0.25) is 0 Å². The van der Waals surface area contributed by atoms with Gasteiger partial charge in [-0.05, 0) is 30.5 Å². The first-order chi connectivity index (χ1) is 15.7. The van der Waals surface area contributed by atoms with Gasteiger partial charge in [0.05, 0.1) is 17.4 Å². The molecule has 1 fully saturated rings. The Bertz CT molecular complexity index is 1030. The number of esters is 1. The van der Waals surface area contributed by atoms with Crippen LogP contribution >= 0.6 is 0 Å². The zero-order chi connectivity index (χ0) is 24.5. The van der Waals surface area contributed by atoms with Crippen LogP contribution in [0.25, 0.3) is 5.53 Å². The summed E-state index contributed by atoms with van der Waals surface area (Å²) < 4.78 is 4.94. The van der Waals surface area contributed by atoms with E-state index in [0.717, 1.165) is 0 Å². The highest BCUT2D eigenvalue weighted by molar-refractivity contribution is 6.62. The van der Waals surface area contributed by atoms with Crippen LogP contribution in [0.5, 0.6) is 0 Å². The fourth-order valence-corrected chi connectivity index (χ4v) is 3.44. The third-order valence-electron chi connectivity index (χ3n) is 5.30. The number of benzene rings is 1. The molecule has 2 aromatic rings. The van der Waals surface area contributed by atoms with Crippen molar-refractivity contribution < 1.29 is 33.9 Å². The first-order valence-electron chi connectivity index (χ1n) is 9.97. The molecule has 1 heterocycles. The lowest BCUT2D eigenvalue weighted by molar-refractivity contribution is -0.384. The van der Waals surface area contributed by atoms with Gasteiger partial charge < -0.3 is 20.4 Å². The van der Waals surface area contributed by atoms with Crippen LogP contribution in [-0.4, -0.2) is 54.1 Å². The maximum absolute atomic E-state index is 12.5. The van der Waals surface area contributed by atoms with Gasteiger partial charge in [-0.15, -0.1) is 0 Å². The van der Waals surface area contributed by atoms with Gasteiger partial charge in [0, 0.05) is 42.8 Å². The van der Waals surface area contributed by atoms with Gasteiger partial charge in [0.25, 0.3) is 11.5 Å². The molecule has 3 rings (SSSR count). The molecule has 0 unspecified atom stereocenters. The molecule has 0 radical (unpaired) electrons. The molecule has 12 nitrogen and oxygen atoms in total. The number of nitro groups is 1. The molecule has 2 N–H and O–H groups in total. The van der Waals surface area contributed by atoms with Crippen molar-refractivity contribution in [2.24, 2.45) is 17.8 Å². The van der Waals surface area contributed by atoms with Crippen LogP contribution in [0.15, 0.2) is 43.0 Å². The molecule has 1 aromatic heterocycles. The summed E-state index contributed by atoms with van der Waals surface area (Å²) in [5.74, 6) is -4.09. The number of carbonyl (C=O) groups excluding carboxylic acids is 3. The molecule has 33 heavy (non-hydrogen) atoms. The first-order valence-corrected chi connectivity index (χ1v) is 9.97. The second-order valence-electron chi connectivity index (χ2n) is 7.46. The zero-order valence-electron chi connectivity index (χ0n) is 18.0. The lowest BCUT2D eigenvalue weighted by atomic mass is 9.63. The Hall–Kier alpha value is -4.02. The van der Waals surface area contributed by atoms with Crippen molar-refractivity contribution in [2.45, 2.75) is 33.0 Å². The number of hydrogen-bond acceptors (Lipinski definition) is 8. The smallest absolute Gasteiger partial charge is 0.441 e. The molecule has 0 bridgehead atoms. The van der Waals surface area contributed by atoms with E-state index in [2.05, 4.69) is 14.8 Å². The molecule has 1 aromatic carbocycles. The Balaban J connectivity index is 0.000000678. The summed E-state index contributed by atoms with van der Waals surface area (Å²) in [7, 11) is 0. The summed E-state index contributed by atoms with van der Waals surface area (Å²) in [5, 5.41) is 20.3. The molecule has 12 heteroatoms. The van der Waals surface area contributed by atoms with E-state index in [-0.39, 0.29) is 24.5 Å². The lowest BCUT2D eigenvalue weighted by Crippen LogP contribution is -2.50. The number of aliphatic hydroxyl groups excluding tert-OH is 1. The number of H-pyrrole nitrogens is 1. The Labute approximate surface area is 188 Å². The number of imidazole rings is 1. The number of carbonyl (C=O) groups is 3. The molecule has 0 aliphatic heterocycles. The summed E-state index contributed by atoms with van der Waals surface area (Å²) in [5.41, 5.74) is 8.59. The fourth-order valence-electron chi connectivity index (χ4n) is 3.44. The van der Waals surface area contributed by atoms with E-state index in [1.165, 1.54) is 38.1 Å². The van der Waals surface area contributed by atoms with Gasteiger partial charge in [0.15, 0.2) is 0 Å². The summed E-state index contributed by atoms with van der Waals surface area (Å²) in [4.78, 5) is 55.4. The second kappa shape index (κ2) is 11.6. The Morgan fingerprint density at radius 1 is 1.36 bits per heavy atom. The zero-order valence-corrected chi connectivity index (χ0v) is 18.0. The Morgan fingerprint density at radius 3 is 2.45 bits per heavy atom. The van der Waals surface area contributed by atoms with Gasteiger partial charge in [-0.25, -0.2) is 9.78 Å². The number of nitro benzene ring substituents is 1. The van der Waals surface area contributed by atoms with E-state index in [1.54, 1.807) is 18.7 Å². The van der Waals surface area contributed by atoms with Crippen LogP contribution in [-0.2, 0) is 25.7 Å². The van der Waals surface area contributed by atoms with E-state index in [0.29, 0.717) is 5.56 Å². The van der Waals surface area contributed by atoms with Crippen LogP contribution in [0.1, 0.15) is 25.8 Å². The largest absolute Gasteiger partial charge is 0.452 e. The van der Waals surface area contributed by atoms with Crippen LogP contribution in [0.3, 0.4) is 0 Å². The third-order valence-corrected chi connectivity index (χ3v) is 5.30. The highest BCUT2D eigenvalue weighted by atomic mass is 16.6. The summed E-state index contributed by atoms with van der Waals surface area (Å²) >= 11 is 0. The molecular weight excluding hydrogens is 434 g/mol. The van der Waals surface area contributed by atoms with Crippen molar-refractivity contribution in [1.29, 1.82) is 0 Å². The minimum absolute atomic E-state index is 0.0963. The molecule has 0 saturated heterocycles. The minimum Gasteiger partial charge on any atom is -0.452 e. The van der Waals surface area contributed by atoms with Crippen molar-refractivity contribution in [3.05, 3.63) is 64.2 Å². The standard InChI is InChI=1S/C18H19N3O7.C3H4N2/c1-9(13-7-14(23)15(13)10(2)22)17(24)16(20-19)18(25)28-8-11-3-5-12(6-4-11)21(26)27;1-2-5-3-4-1/h3-6,9-10,13,15,22H,7-8H2,1-2H3;1-3H,(H,4,5)/t9-,10-,13-,15-;/m1./s1. The van der Waals surface area contributed by atoms with Crippen molar-refractivity contribution >= 4 is 28.9 Å². The number of aliphatic hydroxyl groups is 1. The molecule has 0 spiro atoms.